The number of carboxylic acid groups (broad SMARTS) is 1. The SMILES string of the molecule is NC(N)=NC[C@H]1Cc2cc(CN3CCC[C@H]3C(=O)O)ccc2[C@@H]1NC(=O)C(=O)Nc1ccc(Cl)c(F)c1. The minimum Gasteiger partial charge on any atom is -0.480 e. The van der Waals surface area contributed by atoms with E-state index < -0.39 is 35.7 Å². The summed E-state index contributed by atoms with van der Waals surface area (Å²) in [6, 6.07) is 8.43. The van der Waals surface area contributed by atoms with Gasteiger partial charge in [0.1, 0.15) is 11.9 Å². The van der Waals surface area contributed by atoms with Gasteiger partial charge in [0.2, 0.25) is 0 Å². The molecule has 2 aromatic rings. The van der Waals surface area contributed by atoms with Crippen molar-refractivity contribution in [3.63, 3.8) is 0 Å². The predicted octanol–water partition coefficient (Wildman–Crippen LogP) is 1.77. The van der Waals surface area contributed by atoms with Crippen LogP contribution in [0.5, 0.6) is 0 Å². The number of amides is 2. The number of carbonyl (C=O) groups excluding carboxylic acids is 2. The number of hydrogen-bond acceptors (Lipinski definition) is 5. The summed E-state index contributed by atoms with van der Waals surface area (Å²) < 4.78 is 13.7. The highest BCUT2D eigenvalue weighted by molar-refractivity contribution is 6.39. The van der Waals surface area contributed by atoms with Crippen LogP contribution in [0.2, 0.25) is 5.02 Å². The van der Waals surface area contributed by atoms with Gasteiger partial charge in [-0.25, -0.2) is 4.39 Å². The van der Waals surface area contributed by atoms with Crippen molar-refractivity contribution >= 4 is 41.0 Å². The van der Waals surface area contributed by atoms with Gasteiger partial charge in [0.25, 0.3) is 0 Å². The molecule has 0 saturated carbocycles. The molecule has 1 aliphatic carbocycles. The highest BCUT2D eigenvalue weighted by atomic mass is 35.5. The van der Waals surface area contributed by atoms with E-state index in [4.69, 9.17) is 23.1 Å². The Morgan fingerprint density at radius 3 is 2.65 bits per heavy atom. The Bertz CT molecular complexity index is 1250. The van der Waals surface area contributed by atoms with Crippen molar-refractivity contribution in [1.82, 2.24) is 10.2 Å². The first-order valence-electron chi connectivity index (χ1n) is 11.8. The predicted molar refractivity (Wildman–Crippen MR) is 136 cm³/mol. The van der Waals surface area contributed by atoms with Crippen LogP contribution in [-0.2, 0) is 27.3 Å². The minimum atomic E-state index is -0.957. The van der Waals surface area contributed by atoms with E-state index in [0.29, 0.717) is 25.9 Å². The van der Waals surface area contributed by atoms with Crippen LogP contribution in [-0.4, -0.2) is 52.9 Å². The molecular formula is C25H28ClFN6O4. The summed E-state index contributed by atoms with van der Waals surface area (Å²) in [5.74, 6) is -3.69. The first kappa shape index (κ1) is 26.4. The van der Waals surface area contributed by atoms with E-state index in [1.807, 2.05) is 23.1 Å². The highest BCUT2D eigenvalue weighted by Crippen LogP contribution is 2.37. The van der Waals surface area contributed by atoms with Gasteiger partial charge in [-0.05, 0) is 60.7 Å². The first-order chi connectivity index (χ1) is 17.6. The van der Waals surface area contributed by atoms with E-state index in [1.165, 1.54) is 12.1 Å². The third-order valence-electron chi connectivity index (χ3n) is 6.71. The zero-order valence-electron chi connectivity index (χ0n) is 19.9. The van der Waals surface area contributed by atoms with Gasteiger partial charge in [-0.3, -0.25) is 24.3 Å². The Hall–Kier alpha value is -3.70. The van der Waals surface area contributed by atoms with E-state index in [-0.39, 0.29) is 29.1 Å². The van der Waals surface area contributed by atoms with Crippen LogP contribution in [0.15, 0.2) is 41.4 Å². The smallest absolute Gasteiger partial charge is 0.320 e. The van der Waals surface area contributed by atoms with Crippen LogP contribution < -0.4 is 22.1 Å². The summed E-state index contributed by atoms with van der Waals surface area (Å²) in [5.41, 5.74) is 13.9. The fraction of sp³-hybridized carbons (Fsp3) is 0.360. The van der Waals surface area contributed by atoms with Crippen molar-refractivity contribution in [2.24, 2.45) is 22.4 Å². The van der Waals surface area contributed by atoms with Gasteiger partial charge in [-0.15, -0.1) is 0 Å². The van der Waals surface area contributed by atoms with Crippen molar-refractivity contribution in [2.45, 2.75) is 37.9 Å². The number of aliphatic carboxylic acids is 1. The lowest BCUT2D eigenvalue weighted by atomic mass is 10.00. The molecule has 0 spiro atoms. The molecule has 0 bridgehead atoms. The van der Waals surface area contributed by atoms with Crippen molar-refractivity contribution < 1.29 is 23.9 Å². The van der Waals surface area contributed by atoms with Crippen LogP contribution in [0.4, 0.5) is 10.1 Å². The summed E-state index contributed by atoms with van der Waals surface area (Å²) in [4.78, 5) is 42.9. The normalized spacial score (nSPS) is 20.8. The molecule has 12 heteroatoms. The average Bonchev–Trinajstić information content (AvgIpc) is 3.44. The van der Waals surface area contributed by atoms with Crippen molar-refractivity contribution in [3.05, 3.63) is 63.9 Å². The molecule has 3 atom stereocenters. The van der Waals surface area contributed by atoms with E-state index in [1.54, 1.807) is 0 Å². The molecule has 2 aromatic carbocycles. The number of likely N-dealkylation sites (tertiary alicyclic amines) is 1. The number of nitrogens with two attached hydrogens (primary N) is 2. The number of rotatable bonds is 7. The number of nitrogens with one attached hydrogen (secondary N) is 2. The van der Waals surface area contributed by atoms with Crippen LogP contribution in [0.25, 0.3) is 0 Å². The van der Waals surface area contributed by atoms with Crippen molar-refractivity contribution in [3.8, 4) is 0 Å². The summed E-state index contributed by atoms with van der Waals surface area (Å²) in [6.07, 6.45) is 2.01. The number of nitrogens with zero attached hydrogens (tertiary/aromatic N) is 2. The van der Waals surface area contributed by atoms with Gasteiger partial charge >= 0.3 is 17.8 Å². The molecule has 0 aromatic heterocycles. The zero-order valence-corrected chi connectivity index (χ0v) is 20.7. The van der Waals surface area contributed by atoms with Crippen molar-refractivity contribution in [2.75, 3.05) is 18.4 Å². The maximum atomic E-state index is 13.7. The quantitative estimate of drug-likeness (QED) is 0.207. The summed E-state index contributed by atoms with van der Waals surface area (Å²) in [6.45, 7) is 1.45. The second-order valence-corrected chi connectivity index (χ2v) is 9.67. The number of aliphatic imine (C=N–C) groups is 1. The molecule has 196 valence electrons. The van der Waals surface area contributed by atoms with Crippen LogP contribution in [0, 0.1) is 11.7 Å². The lowest BCUT2D eigenvalue weighted by Crippen LogP contribution is -2.40. The molecule has 2 amide bonds. The molecular weight excluding hydrogens is 503 g/mol. The van der Waals surface area contributed by atoms with Gasteiger partial charge in [0, 0.05) is 24.7 Å². The molecule has 0 radical (unpaired) electrons. The van der Waals surface area contributed by atoms with E-state index in [0.717, 1.165) is 29.2 Å². The number of halogens is 2. The fourth-order valence-corrected chi connectivity index (χ4v) is 5.10. The second kappa shape index (κ2) is 11.1. The number of carboxylic acids is 1. The molecule has 1 fully saturated rings. The van der Waals surface area contributed by atoms with Gasteiger partial charge in [0.15, 0.2) is 5.96 Å². The maximum absolute atomic E-state index is 13.7. The third kappa shape index (κ3) is 6.17. The molecule has 1 aliphatic heterocycles. The molecule has 7 N–H and O–H groups in total. The Morgan fingerprint density at radius 1 is 1.16 bits per heavy atom. The van der Waals surface area contributed by atoms with E-state index >= 15 is 0 Å². The first-order valence-corrected chi connectivity index (χ1v) is 12.2. The third-order valence-corrected chi connectivity index (χ3v) is 7.02. The Balaban J connectivity index is 1.50. The highest BCUT2D eigenvalue weighted by Gasteiger charge is 2.36. The molecule has 2 aliphatic rings. The van der Waals surface area contributed by atoms with Gasteiger partial charge in [-0.2, -0.15) is 0 Å². The second-order valence-electron chi connectivity index (χ2n) is 9.26. The van der Waals surface area contributed by atoms with Crippen molar-refractivity contribution in [1.29, 1.82) is 0 Å². The summed E-state index contributed by atoms with van der Waals surface area (Å²) in [7, 11) is 0. The largest absolute Gasteiger partial charge is 0.480 e. The summed E-state index contributed by atoms with van der Waals surface area (Å²) in [5, 5.41) is 14.5. The Morgan fingerprint density at radius 2 is 1.95 bits per heavy atom. The lowest BCUT2D eigenvalue weighted by molar-refractivity contribution is -0.142. The monoisotopic (exact) mass is 530 g/mol. The van der Waals surface area contributed by atoms with Crippen LogP contribution >= 0.6 is 11.6 Å². The number of fused-ring (bicyclic) bond motifs is 1. The van der Waals surface area contributed by atoms with E-state index in [9.17, 15) is 23.9 Å². The Labute approximate surface area is 217 Å². The molecule has 4 rings (SSSR count). The number of anilines is 1. The number of benzene rings is 2. The molecule has 37 heavy (non-hydrogen) atoms. The zero-order chi connectivity index (χ0) is 26.7. The average molecular weight is 531 g/mol. The van der Waals surface area contributed by atoms with Gasteiger partial charge in [-0.1, -0.05) is 29.8 Å². The molecule has 10 nitrogen and oxygen atoms in total. The lowest BCUT2D eigenvalue weighted by Gasteiger charge is -2.22. The fourth-order valence-electron chi connectivity index (χ4n) is 4.98. The Kier molecular flexibility index (Phi) is 7.94. The minimum absolute atomic E-state index is 0.0852. The molecule has 0 unspecified atom stereocenters. The topological polar surface area (TPSA) is 163 Å². The number of hydrogen-bond donors (Lipinski definition) is 5. The molecule has 1 heterocycles. The van der Waals surface area contributed by atoms with E-state index in [2.05, 4.69) is 15.6 Å². The van der Waals surface area contributed by atoms with Gasteiger partial charge in [0.05, 0.1) is 11.1 Å². The maximum Gasteiger partial charge on any atom is 0.320 e. The molecule has 1 saturated heterocycles. The number of carbonyl (C=O) groups is 3. The van der Waals surface area contributed by atoms with Crippen LogP contribution in [0.3, 0.4) is 0 Å². The standard InChI is InChI=1S/C25H28ClFN6O4/c26-18-6-4-16(10-19(18)27)31-22(34)23(35)32-21-15(11-30-25(28)29)9-14-8-13(3-5-17(14)21)12-33-7-1-2-20(33)24(36)37/h3-6,8,10,15,20-21H,1-2,7,9,11-12H2,(H,31,34)(H,32,35)(H,36,37)(H4,28,29,30)/t15-,20+,21-/m1/s1. The summed E-state index contributed by atoms with van der Waals surface area (Å²) >= 11 is 5.66. The van der Waals surface area contributed by atoms with Gasteiger partial charge < -0.3 is 27.2 Å². The van der Waals surface area contributed by atoms with Crippen LogP contribution in [0.1, 0.15) is 35.6 Å². The number of guanidine groups is 1.